The number of nitrogens with zero attached hydrogens (tertiary/aromatic N) is 4. The Morgan fingerprint density at radius 1 is 1.36 bits per heavy atom. The molecule has 1 unspecified atom stereocenters. The molecule has 186 valence electrons. The minimum absolute atomic E-state index is 0.137. The van der Waals surface area contributed by atoms with Crippen molar-refractivity contribution in [1.29, 1.82) is 5.26 Å². The minimum Gasteiger partial charge on any atom is -0.479 e. The Bertz CT molecular complexity index is 1540. The van der Waals surface area contributed by atoms with E-state index in [9.17, 15) is 23.9 Å². The summed E-state index contributed by atoms with van der Waals surface area (Å²) in [5.74, 6) is -3.20. The third-order valence-corrected chi connectivity index (χ3v) is 7.14. The van der Waals surface area contributed by atoms with Gasteiger partial charge in [0.1, 0.15) is 0 Å². The summed E-state index contributed by atoms with van der Waals surface area (Å²) in [7, 11) is 0. The van der Waals surface area contributed by atoms with Crippen molar-refractivity contribution in [3.05, 3.63) is 53.4 Å². The van der Waals surface area contributed by atoms with Gasteiger partial charge >= 0.3 is 5.97 Å². The molecule has 0 spiro atoms. The third-order valence-electron chi connectivity index (χ3n) is 7.14. The number of carbonyl (C=O) groups is 1. The zero-order chi connectivity index (χ0) is 25.8. The molecule has 0 radical (unpaired) electrons. The number of halogens is 2. The Morgan fingerprint density at radius 3 is 2.78 bits per heavy atom. The molecule has 10 heteroatoms. The van der Waals surface area contributed by atoms with Gasteiger partial charge in [-0.15, -0.1) is 0 Å². The number of pyridine rings is 1. The summed E-state index contributed by atoms with van der Waals surface area (Å²) in [4.78, 5) is 16.6. The number of aliphatic carboxylic acids is 1. The van der Waals surface area contributed by atoms with Crippen LogP contribution in [0.3, 0.4) is 0 Å². The second-order valence-corrected chi connectivity index (χ2v) is 10.2. The first-order valence-corrected chi connectivity index (χ1v) is 11.6. The van der Waals surface area contributed by atoms with Crippen LogP contribution in [0.2, 0.25) is 0 Å². The minimum atomic E-state index is -1.29. The highest BCUT2D eigenvalue weighted by atomic mass is 19.2. The zero-order valence-electron chi connectivity index (χ0n) is 20.1. The molecule has 36 heavy (non-hydrogen) atoms. The Hall–Kier alpha value is -3.84. The van der Waals surface area contributed by atoms with E-state index in [4.69, 9.17) is 9.72 Å². The molecule has 1 aliphatic rings. The topological polar surface area (TPSA) is 117 Å². The largest absolute Gasteiger partial charge is 0.479 e. The number of rotatable bonds is 5. The van der Waals surface area contributed by atoms with Crippen LogP contribution in [0.4, 0.5) is 8.78 Å². The van der Waals surface area contributed by atoms with Crippen molar-refractivity contribution < 1.29 is 23.4 Å². The predicted octanol–water partition coefficient (Wildman–Crippen LogP) is 5.11. The van der Waals surface area contributed by atoms with Gasteiger partial charge in [0.25, 0.3) is 0 Å². The number of aromatic nitrogens is 4. The van der Waals surface area contributed by atoms with Gasteiger partial charge in [-0.3, -0.25) is 5.10 Å². The normalized spacial score (nSPS) is 20.6. The van der Waals surface area contributed by atoms with Gasteiger partial charge in [0.05, 0.1) is 29.9 Å². The van der Waals surface area contributed by atoms with Crippen LogP contribution in [0.15, 0.2) is 30.5 Å². The van der Waals surface area contributed by atoms with E-state index in [0.717, 1.165) is 28.8 Å². The van der Waals surface area contributed by atoms with Crippen molar-refractivity contribution in [1.82, 2.24) is 19.7 Å². The molecule has 4 heterocycles. The van der Waals surface area contributed by atoms with Crippen LogP contribution in [-0.2, 0) is 14.9 Å². The average Bonchev–Trinajstić information content (AvgIpc) is 3.42. The van der Waals surface area contributed by atoms with Gasteiger partial charge in [0.15, 0.2) is 22.9 Å². The fraction of sp³-hybridized carbons (Fsp3) is 0.385. The van der Waals surface area contributed by atoms with Gasteiger partial charge in [-0.1, -0.05) is 13.8 Å². The summed E-state index contributed by atoms with van der Waals surface area (Å²) in [6.07, 6.45) is 2.58. The number of hydrogen-bond acceptors (Lipinski definition) is 5. The van der Waals surface area contributed by atoms with Gasteiger partial charge in [-0.05, 0) is 38.0 Å². The maximum atomic E-state index is 14.4. The number of aromatic amines is 1. The fourth-order valence-electron chi connectivity index (χ4n) is 5.10. The molecule has 2 atom stereocenters. The van der Waals surface area contributed by atoms with E-state index >= 15 is 0 Å². The molecule has 8 nitrogen and oxygen atoms in total. The summed E-state index contributed by atoms with van der Waals surface area (Å²) in [6.45, 7) is 5.53. The van der Waals surface area contributed by atoms with Crippen LogP contribution >= 0.6 is 0 Å². The monoisotopic (exact) mass is 493 g/mol. The second kappa shape index (κ2) is 8.38. The number of H-pyrrole nitrogens is 1. The van der Waals surface area contributed by atoms with Crippen molar-refractivity contribution in [2.75, 3.05) is 6.61 Å². The highest BCUT2D eigenvalue weighted by Crippen LogP contribution is 2.45. The van der Waals surface area contributed by atoms with Crippen LogP contribution in [0.5, 0.6) is 0 Å². The smallest absolute Gasteiger partial charge is 0.335 e. The van der Waals surface area contributed by atoms with E-state index < -0.39 is 28.6 Å². The Kier molecular flexibility index (Phi) is 5.56. The summed E-state index contributed by atoms with van der Waals surface area (Å²) in [5, 5.41) is 27.0. The second-order valence-electron chi connectivity index (χ2n) is 10.2. The molecule has 1 saturated heterocycles. The molecule has 5 rings (SSSR count). The van der Waals surface area contributed by atoms with Crippen molar-refractivity contribution >= 4 is 28.0 Å². The highest BCUT2D eigenvalue weighted by Gasteiger charge is 2.42. The number of nitriles is 1. The molecule has 1 aromatic carbocycles. The lowest BCUT2D eigenvalue weighted by Crippen LogP contribution is -2.43. The van der Waals surface area contributed by atoms with Crippen molar-refractivity contribution in [3.8, 4) is 11.8 Å². The van der Waals surface area contributed by atoms with Crippen molar-refractivity contribution in [3.63, 3.8) is 0 Å². The molecular formula is C26H25F2N5O3. The number of carboxylic acid groups (broad SMARTS) is 1. The lowest BCUT2D eigenvalue weighted by atomic mass is 9.78. The number of hydrogen-bond donors (Lipinski definition) is 2. The molecule has 0 aliphatic carbocycles. The average molecular weight is 494 g/mol. The lowest BCUT2D eigenvalue weighted by molar-refractivity contribution is -0.170. The Morgan fingerprint density at radius 2 is 2.14 bits per heavy atom. The zero-order valence-corrected chi connectivity index (χ0v) is 20.1. The summed E-state index contributed by atoms with van der Waals surface area (Å²) in [6, 6.07) is 7.81. The molecule has 1 fully saturated rings. The summed E-state index contributed by atoms with van der Waals surface area (Å²) >= 11 is 0. The molecule has 0 amide bonds. The number of carboxylic acids is 1. The molecular weight excluding hydrogens is 468 g/mol. The number of fused-ring (bicyclic) bond motifs is 2. The van der Waals surface area contributed by atoms with E-state index in [1.165, 1.54) is 6.07 Å². The summed E-state index contributed by atoms with van der Waals surface area (Å²) in [5.41, 5.74) is 1.74. The standard InChI is InChI=1S/C26H25F2N5O3/c1-25(2,8-9-29)22-20(14-6-7-26(3,24(34)35)36-13-14)21-19(10-15-12-30-32-23(15)31-21)33(22)16-4-5-17(27)18(28)11-16/h4-5,10-12,14H,6-8,13H2,1-3H3,(H,34,35)(H,30,31,32)/t14?,26-/m0/s1. The lowest BCUT2D eigenvalue weighted by Gasteiger charge is -2.36. The number of nitrogens with one attached hydrogen (secondary N) is 1. The number of benzene rings is 1. The Balaban J connectivity index is 1.83. The van der Waals surface area contributed by atoms with Gasteiger partial charge in [0.2, 0.25) is 0 Å². The molecule has 0 bridgehead atoms. The van der Waals surface area contributed by atoms with E-state index in [2.05, 4.69) is 16.3 Å². The van der Waals surface area contributed by atoms with Gasteiger partial charge in [-0.2, -0.15) is 10.4 Å². The third kappa shape index (κ3) is 3.71. The SMILES string of the molecule is CC(C)(CC#N)c1c(C2CC[C@@](C)(C(=O)O)OC2)c2nc3[nH]ncc3cc2n1-c1ccc(F)c(F)c1. The van der Waals surface area contributed by atoms with Crippen LogP contribution < -0.4 is 0 Å². The maximum absolute atomic E-state index is 14.4. The van der Waals surface area contributed by atoms with E-state index in [1.807, 2.05) is 24.5 Å². The first-order chi connectivity index (χ1) is 17.1. The van der Waals surface area contributed by atoms with Crippen LogP contribution in [0.25, 0.3) is 27.8 Å². The van der Waals surface area contributed by atoms with Crippen molar-refractivity contribution in [2.45, 2.75) is 57.0 Å². The Labute approximate surface area is 205 Å². The first kappa shape index (κ1) is 23.9. The van der Waals surface area contributed by atoms with Gasteiger partial charge in [-0.25, -0.2) is 18.6 Å². The molecule has 3 aromatic heterocycles. The van der Waals surface area contributed by atoms with Crippen LogP contribution in [0, 0.1) is 23.0 Å². The molecule has 1 aliphatic heterocycles. The molecule has 2 N–H and O–H groups in total. The number of ether oxygens (including phenoxy) is 1. The quantitative estimate of drug-likeness (QED) is 0.399. The molecule has 4 aromatic rings. The van der Waals surface area contributed by atoms with Gasteiger partial charge in [0, 0.05) is 46.2 Å². The van der Waals surface area contributed by atoms with E-state index in [-0.39, 0.29) is 25.4 Å². The van der Waals surface area contributed by atoms with Crippen LogP contribution in [0.1, 0.15) is 57.2 Å². The maximum Gasteiger partial charge on any atom is 0.335 e. The molecule has 0 saturated carbocycles. The van der Waals surface area contributed by atoms with Crippen LogP contribution in [-0.4, -0.2) is 43.0 Å². The van der Waals surface area contributed by atoms with Crippen molar-refractivity contribution in [2.24, 2.45) is 0 Å². The highest BCUT2D eigenvalue weighted by molar-refractivity contribution is 5.94. The van der Waals surface area contributed by atoms with Gasteiger partial charge < -0.3 is 14.4 Å². The summed E-state index contributed by atoms with van der Waals surface area (Å²) < 4.78 is 36.0. The van der Waals surface area contributed by atoms with E-state index in [0.29, 0.717) is 28.8 Å². The predicted molar refractivity (Wildman–Crippen MR) is 128 cm³/mol. The first-order valence-electron chi connectivity index (χ1n) is 11.6. The van der Waals surface area contributed by atoms with E-state index in [1.54, 1.807) is 13.1 Å². The fourth-order valence-corrected chi connectivity index (χ4v) is 5.10.